The summed E-state index contributed by atoms with van der Waals surface area (Å²) in [7, 11) is 1.59. The van der Waals surface area contributed by atoms with Gasteiger partial charge in [0.25, 0.3) is 0 Å². The van der Waals surface area contributed by atoms with Crippen LogP contribution < -0.4 is 5.73 Å². The van der Waals surface area contributed by atoms with Crippen molar-refractivity contribution in [3.05, 3.63) is 59.4 Å². The van der Waals surface area contributed by atoms with Crippen LogP contribution in [0.1, 0.15) is 10.4 Å². The minimum atomic E-state index is -0.996. The Hall–Kier alpha value is -2.61. The van der Waals surface area contributed by atoms with Gasteiger partial charge < -0.3 is 20.3 Å². The molecule has 1 heterocycles. The lowest BCUT2D eigenvalue weighted by molar-refractivity contribution is 0.0359. The maximum atomic E-state index is 10.9. The number of carboxylic acids is 1. The molecular formula is C18H20ClN3O4. The topological polar surface area (TPSA) is 99.6 Å². The van der Waals surface area contributed by atoms with Gasteiger partial charge >= 0.3 is 5.97 Å². The maximum Gasteiger partial charge on any atom is 0.335 e. The second kappa shape index (κ2) is 9.76. The summed E-state index contributed by atoms with van der Waals surface area (Å²) in [5.74, 6) is -0.996. The number of para-hydroxylation sites is 1. The van der Waals surface area contributed by atoms with Crippen LogP contribution in [0.25, 0.3) is 11.0 Å². The van der Waals surface area contributed by atoms with Crippen molar-refractivity contribution in [1.82, 2.24) is 9.55 Å². The Kier molecular flexibility index (Phi) is 7.40. The molecule has 0 bridgehead atoms. The van der Waals surface area contributed by atoms with Crippen LogP contribution >= 0.6 is 11.6 Å². The van der Waals surface area contributed by atoms with Gasteiger partial charge in [-0.25, -0.2) is 9.78 Å². The molecule has 2 aromatic carbocycles. The molecule has 0 saturated heterocycles. The molecule has 8 heteroatoms. The number of methoxy groups -OCH3 is 1. The van der Waals surface area contributed by atoms with Crippen molar-refractivity contribution in [1.29, 1.82) is 0 Å². The number of aromatic carboxylic acids is 1. The molecule has 0 unspecified atom stereocenters. The number of rotatable bonds is 6. The quantitative estimate of drug-likeness (QED) is 0.505. The highest BCUT2D eigenvalue weighted by atomic mass is 35.5. The molecule has 0 fully saturated rings. The minimum absolute atomic E-state index is 0.175. The summed E-state index contributed by atoms with van der Waals surface area (Å²) in [6, 6.07) is 14.1. The summed E-state index contributed by atoms with van der Waals surface area (Å²) < 4.78 is 11.9. The summed E-state index contributed by atoms with van der Waals surface area (Å²) in [5, 5.41) is 9.17. The Labute approximate surface area is 155 Å². The van der Waals surface area contributed by atoms with Gasteiger partial charge in [0, 0.05) is 12.8 Å². The number of hydrogen-bond donors (Lipinski definition) is 2. The highest BCUT2D eigenvalue weighted by Crippen LogP contribution is 2.21. The lowest BCUT2D eigenvalue weighted by Crippen LogP contribution is -2.07. The number of halogens is 1. The summed E-state index contributed by atoms with van der Waals surface area (Å²) >= 11 is 6.01. The number of fused-ring (bicyclic) bond motifs is 1. The fraction of sp³-hybridized carbons (Fsp3) is 0.222. The number of nitrogens with two attached hydrogens (primary N) is 1. The van der Waals surface area contributed by atoms with Crippen LogP contribution in [0.2, 0.25) is 5.28 Å². The average molecular weight is 378 g/mol. The standard InChI is InChI=1S/C12H13ClN2O4.C6H7N/c1-18-4-5-19-7-15-10-3-2-8(11(16)17)6-9(10)14-12(15)13;7-6-4-2-1-3-5-6/h2-3,6H,4-5,7H2,1H3,(H,16,17);1-5H,7H2. The van der Waals surface area contributed by atoms with Crippen LogP contribution in [0.5, 0.6) is 0 Å². The molecule has 138 valence electrons. The Balaban J connectivity index is 0.000000290. The van der Waals surface area contributed by atoms with E-state index in [0.29, 0.717) is 18.7 Å². The van der Waals surface area contributed by atoms with Gasteiger partial charge in [-0.3, -0.25) is 4.57 Å². The van der Waals surface area contributed by atoms with Crippen molar-refractivity contribution in [2.45, 2.75) is 6.73 Å². The third-order valence-electron chi connectivity index (χ3n) is 3.40. The number of carbonyl (C=O) groups is 1. The number of hydrogen-bond acceptors (Lipinski definition) is 5. The normalized spacial score (nSPS) is 10.4. The van der Waals surface area contributed by atoms with E-state index >= 15 is 0 Å². The second-order valence-corrected chi connectivity index (χ2v) is 5.60. The Morgan fingerprint density at radius 1 is 1.23 bits per heavy atom. The molecule has 7 nitrogen and oxygen atoms in total. The van der Waals surface area contributed by atoms with E-state index in [0.717, 1.165) is 11.2 Å². The van der Waals surface area contributed by atoms with Gasteiger partial charge in [-0.2, -0.15) is 0 Å². The van der Waals surface area contributed by atoms with E-state index in [2.05, 4.69) is 4.98 Å². The van der Waals surface area contributed by atoms with Crippen molar-refractivity contribution < 1.29 is 19.4 Å². The zero-order chi connectivity index (χ0) is 18.9. The fourth-order valence-corrected chi connectivity index (χ4v) is 2.34. The highest BCUT2D eigenvalue weighted by Gasteiger charge is 2.11. The maximum absolute atomic E-state index is 10.9. The Morgan fingerprint density at radius 2 is 1.96 bits per heavy atom. The first-order chi connectivity index (χ1) is 12.5. The first-order valence-corrected chi connectivity index (χ1v) is 8.17. The number of aromatic nitrogens is 2. The summed E-state index contributed by atoms with van der Waals surface area (Å²) in [6.07, 6.45) is 0. The smallest absolute Gasteiger partial charge is 0.335 e. The van der Waals surface area contributed by atoms with Gasteiger partial charge in [-0.05, 0) is 41.9 Å². The SMILES string of the molecule is COCCOCn1c(Cl)nc2cc(C(=O)O)ccc21.Nc1ccccc1. The van der Waals surface area contributed by atoms with Crippen molar-refractivity contribution in [2.75, 3.05) is 26.1 Å². The number of carboxylic acid groups (broad SMARTS) is 1. The summed E-state index contributed by atoms with van der Waals surface area (Å²) in [4.78, 5) is 15.0. The van der Waals surface area contributed by atoms with E-state index in [4.69, 9.17) is 31.9 Å². The number of nitrogens with zero attached hydrogens (tertiary/aromatic N) is 2. The highest BCUT2D eigenvalue weighted by molar-refractivity contribution is 6.29. The van der Waals surface area contributed by atoms with E-state index in [-0.39, 0.29) is 17.6 Å². The van der Waals surface area contributed by atoms with Crippen LogP contribution in [0.3, 0.4) is 0 Å². The van der Waals surface area contributed by atoms with Gasteiger partial charge in [0.1, 0.15) is 6.73 Å². The molecule has 0 saturated carbocycles. The van der Waals surface area contributed by atoms with Crippen LogP contribution in [-0.2, 0) is 16.2 Å². The van der Waals surface area contributed by atoms with Crippen LogP contribution in [0, 0.1) is 0 Å². The minimum Gasteiger partial charge on any atom is -0.478 e. The van der Waals surface area contributed by atoms with E-state index in [9.17, 15) is 4.79 Å². The molecule has 26 heavy (non-hydrogen) atoms. The zero-order valence-electron chi connectivity index (χ0n) is 14.3. The molecule has 0 aliphatic carbocycles. The van der Waals surface area contributed by atoms with Crippen molar-refractivity contribution >= 4 is 34.3 Å². The third kappa shape index (κ3) is 5.45. The second-order valence-electron chi connectivity index (χ2n) is 5.26. The molecule has 0 aliphatic rings. The van der Waals surface area contributed by atoms with E-state index in [1.807, 2.05) is 30.3 Å². The molecule has 3 rings (SSSR count). The average Bonchev–Trinajstić information content (AvgIpc) is 2.94. The van der Waals surface area contributed by atoms with Gasteiger partial charge in [0.15, 0.2) is 0 Å². The number of imidazole rings is 1. The first kappa shape index (κ1) is 19.7. The predicted octanol–water partition coefficient (Wildman–Crippen LogP) is 3.28. The molecule has 3 N–H and O–H groups in total. The van der Waals surface area contributed by atoms with Crippen molar-refractivity contribution in [3.8, 4) is 0 Å². The fourth-order valence-electron chi connectivity index (χ4n) is 2.11. The van der Waals surface area contributed by atoms with Crippen molar-refractivity contribution in [3.63, 3.8) is 0 Å². The lowest BCUT2D eigenvalue weighted by Gasteiger charge is -2.06. The predicted molar refractivity (Wildman–Crippen MR) is 100 cm³/mol. The molecule has 1 aromatic heterocycles. The van der Waals surface area contributed by atoms with Crippen molar-refractivity contribution in [2.24, 2.45) is 0 Å². The van der Waals surface area contributed by atoms with Crippen LogP contribution in [0.4, 0.5) is 5.69 Å². The van der Waals surface area contributed by atoms with E-state index in [1.165, 1.54) is 12.1 Å². The molecule has 0 radical (unpaired) electrons. The van der Waals surface area contributed by atoms with Crippen LogP contribution in [0.15, 0.2) is 48.5 Å². The van der Waals surface area contributed by atoms with Gasteiger partial charge in [-0.1, -0.05) is 18.2 Å². The lowest BCUT2D eigenvalue weighted by atomic mass is 10.2. The summed E-state index contributed by atoms with van der Waals surface area (Å²) in [6.45, 7) is 1.18. The molecule has 0 amide bonds. The van der Waals surface area contributed by atoms with Gasteiger partial charge in [-0.15, -0.1) is 0 Å². The Morgan fingerprint density at radius 3 is 2.54 bits per heavy atom. The molecule has 0 atom stereocenters. The molecule has 3 aromatic rings. The number of ether oxygens (including phenoxy) is 2. The monoisotopic (exact) mass is 377 g/mol. The zero-order valence-corrected chi connectivity index (χ0v) is 15.0. The first-order valence-electron chi connectivity index (χ1n) is 7.79. The van der Waals surface area contributed by atoms with E-state index in [1.54, 1.807) is 17.7 Å². The Bertz CT molecular complexity index is 852. The van der Waals surface area contributed by atoms with Gasteiger partial charge in [0.2, 0.25) is 5.28 Å². The molecule has 0 aliphatic heterocycles. The molecule has 0 spiro atoms. The van der Waals surface area contributed by atoms with Crippen LogP contribution in [-0.4, -0.2) is 41.0 Å². The summed E-state index contributed by atoms with van der Waals surface area (Å²) in [5.41, 5.74) is 7.61. The largest absolute Gasteiger partial charge is 0.478 e. The molecular weight excluding hydrogens is 358 g/mol. The van der Waals surface area contributed by atoms with E-state index < -0.39 is 5.97 Å². The number of nitrogen functional groups attached to an aromatic ring is 1. The third-order valence-corrected chi connectivity index (χ3v) is 3.69. The number of anilines is 1. The van der Waals surface area contributed by atoms with Gasteiger partial charge in [0.05, 0.1) is 29.8 Å². The number of benzene rings is 2.